The minimum absolute atomic E-state index is 0.189. The molecule has 0 fully saturated rings. The van der Waals surface area contributed by atoms with Crippen LogP contribution in [0.3, 0.4) is 0 Å². The molecule has 0 amide bonds. The quantitative estimate of drug-likeness (QED) is 0.895. The van der Waals surface area contributed by atoms with Crippen molar-refractivity contribution in [1.82, 2.24) is 0 Å². The van der Waals surface area contributed by atoms with E-state index in [1.165, 1.54) is 0 Å². The van der Waals surface area contributed by atoms with Gasteiger partial charge in [0.15, 0.2) is 0 Å². The maximum atomic E-state index is 6.43. The number of halogens is 2. The first-order chi connectivity index (χ1) is 9.52. The summed E-state index contributed by atoms with van der Waals surface area (Å²) in [4.78, 5) is 0. The van der Waals surface area contributed by atoms with Crippen molar-refractivity contribution in [3.05, 3.63) is 57.1 Å². The normalized spacial score (nSPS) is 19.1. The molecule has 2 nitrogen and oxygen atoms in total. The first kappa shape index (κ1) is 15.2. The number of hydrogen-bond donors (Lipinski definition) is 1. The average Bonchev–Trinajstić information content (AvgIpc) is 2.42. The molecule has 0 spiro atoms. The lowest BCUT2D eigenvalue weighted by Gasteiger charge is -2.20. The van der Waals surface area contributed by atoms with E-state index in [-0.39, 0.29) is 6.04 Å². The summed E-state index contributed by atoms with van der Waals surface area (Å²) in [5.74, 6) is 0.830. The number of hydrogen-bond acceptors (Lipinski definition) is 2. The third-order valence-electron chi connectivity index (χ3n) is 3.19. The summed E-state index contributed by atoms with van der Waals surface area (Å²) >= 11 is 12.6. The zero-order valence-corrected chi connectivity index (χ0v) is 13.0. The first-order valence-electron chi connectivity index (χ1n) is 6.39. The first-order valence-corrected chi connectivity index (χ1v) is 7.14. The smallest absolute Gasteiger partial charge is 0.118 e. The van der Waals surface area contributed by atoms with Crippen molar-refractivity contribution < 1.29 is 4.74 Å². The molecule has 2 rings (SSSR count). The third-order valence-corrected chi connectivity index (χ3v) is 3.99. The Kier molecular flexibility index (Phi) is 4.92. The highest BCUT2D eigenvalue weighted by atomic mass is 35.5. The van der Waals surface area contributed by atoms with E-state index in [9.17, 15) is 0 Å². The van der Waals surface area contributed by atoms with Crippen molar-refractivity contribution >= 4 is 29.3 Å². The highest BCUT2D eigenvalue weighted by Gasteiger charge is 2.20. The maximum Gasteiger partial charge on any atom is 0.118 e. The van der Waals surface area contributed by atoms with E-state index in [1.807, 2.05) is 43.3 Å². The van der Waals surface area contributed by atoms with Crippen LogP contribution in [0.25, 0.3) is 6.08 Å². The Labute approximate surface area is 129 Å². The maximum absolute atomic E-state index is 6.43. The van der Waals surface area contributed by atoms with E-state index in [1.54, 1.807) is 7.11 Å². The molecule has 1 unspecified atom stereocenters. The van der Waals surface area contributed by atoms with E-state index in [2.05, 4.69) is 0 Å². The molecule has 0 saturated carbocycles. The molecule has 1 atom stereocenters. The molecule has 20 heavy (non-hydrogen) atoms. The number of benzene rings is 1. The lowest BCUT2D eigenvalue weighted by molar-refractivity contribution is 0.415. The number of methoxy groups -OCH3 is 1. The largest absolute Gasteiger partial charge is 0.497 e. The lowest BCUT2D eigenvalue weighted by atomic mass is 9.95. The van der Waals surface area contributed by atoms with Gasteiger partial charge in [-0.15, -0.1) is 0 Å². The molecule has 0 radical (unpaired) electrons. The van der Waals surface area contributed by atoms with Crippen molar-refractivity contribution in [3.63, 3.8) is 0 Å². The van der Waals surface area contributed by atoms with Gasteiger partial charge in [-0.2, -0.15) is 0 Å². The summed E-state index contributed by atoms with van der Waals surface area (Å²) in [5, 5.41) is 1.31. The average molecular weight is 310 g/mol. The Hall–Kier alpha value is -1.22. The molecule has 1 aromatic rings. The van der Waals surface area contributed by atoms with Crippen LogP contribution in [-0.2, 0) is 0 Å². The Morgan fingerprint density at radius 1 is 1.25 bits per heavy atom. The number of rotatable bonds is 3. The van der Waals surface area contributed by atoms with Crippen LogP contribution in [0.2, 0.25) is 0 Å². The molecule has 0 saturated heterocycles. The third kappa shape index (κ3) is 3.26. The van der Waals surface area contributed by atoms with Crippen molar-refractivity contribution in [2.75, 3.05) is 7.11 Å². The molecular weight excluding hydrogens is 293 g/mol. The predicted octanol–water partition coefficient (Wildman–Crippen LogP) is 4.45. The van der Waals surface area contributed by atoms with Crippen molar-refractivity contribution in [1.29, 1.82) is 0 Å². The summed E-state index contributed by atoms with van der Waals surface area (Å²) in [5.41, 5.74) is 8.82. The monoisotopic (exact) mass is 309 g/mol. The zero-order chi connectivity index (χ0) is 14.7. The topological polar surface area (TPSA) is 35.2 Å². The second kappa shape index (κ2) is 6.49. The van der Waals surface area contributed by atoms with Gasteiger partial charge in [0.1, 0.15) is 5.75 Å². The van der Waals surface area contributed by atoms with Crippen molar-refractivity contribution in [3.8, 4) is 5.75 Å². The van der Waals surface area contributed by atoms with E-state index >= 15 is 0 Å². The summed E-state index contributed by atoms with van der Waals surface area (Å²) in [6, 6.07) is 7.62. The number of allylic oxidation sites excluding steroid dienone is 3. The summed E-state index contributed by atoms with van der Waals surface area (Å²) in [6.45, 7) is 1.88. The van der Waals surface area contributed by atoms with E-state index in [0.29, 0.717) is 16.5 Å². The van der Waals surface area contributed by atoms with E-state index in [4.69, 9.17) is 33.7 Å². The molecule has 2 N–H and O–H groups in total. The van der Waals surface area contributed by atoms with Crippen LogP contribution in [0.4, 0.5) is 0 Å². The molecule has 4 heteroatoms. The van der Waals surface area contributed by atoms with Crippen LogP contribution in [0.15, 0.2) is 51.6 Å². The molecule has 1 aromatic carbocycles. The predicted molar refractivity (Wildman–Crippen MR) is 86.1 cm³/mol. The molecule has 0 bridgehead atoms. The summed E-state index contributed by atoms with van der Waals surface area (Å²) in [7, 11) is 1.65. The Morgan fingerprint density at radius 3 is 2.45 bits per heavy atom. The van der Waals surface area contributed by atoms with Crippen LogP contribution in [-0.4, -0.2) is 13.2 Å². The van der Waals surface area contributed by atoms with E-state index in [0.717, 1.165) is 22.5 Å². The van der Waals surface area contributed by atoms with Gasteiger partial charge in [-0.3, -0.25) is 0 Å². The molecule has 0 aliphatic heterocycles. The standard InChI is InChI=1S/C16H17Cl2NO/c1-10(19)15-14(17)8-5-12(16(15)18)9-11-3-6-13(20-2)7-4-11/h3-4,6-10H,5,19H2,1-2H3. The van der Waals surface area contributed by atoms with Crippen LogP contribution < -0.4 is 10.5 Å². The molecule has 0 aromatic heterocycles. The van der Waals surface area contributed by atoms with Gasteiger partial charge in [-0.05, 0) is 42.7 Å². The minimum Gasteiger partial charge on any atom is -0.497 e. The van der Waals surface area contributed by atoms with Gasteiger partial charge in [-0.25, -0.2) is 0 Å². The van der Waals surface area contributed by atoms with Crippen LogP contribution in [0.1, 0.15) is 18.9 Å². The van der Waals surface area contributed by atoms with Crippen LogP contribution in [0.5, 0.6) is 5.75 Å². The summed E-state index contributed by atoms with van der Waals surface area (Å²) in [6.07, 6.45) is 4.70. The van der Waals surface area contributed by atoms with Crippen LogP contribution >= 0.6 is 23.2 Å². The van der Waals surface area contributed by atoms with Gasteiger partial charge < -0.3 is 10.5 Å². The Bertz CT molecular complexity index is 583. The second-order valence-electron chi connectivity index (χ2n) is 4.72. The van der Waals surface area contributed by atoms with Gasteiger partial charge in [0.2, 0.25) is 0 Å². The van der Waals surface area contributed by atoms with Gasteiger partial charge in [-0.1, -0.05) is 41.4 Å². The van der Waals surface area contributed by atoms with E-state index < -0.39 is 0 Å². The molecule has 0 heterocycles. The molecule has 106 valence electrons. The molecule has 1 aliphatic rings. The highest BCUT2D eigenvalue weighted by molar-refractivity contribution is 6.37. The number of ether oxygens (including phenoxy) is 1. The highest BCUT2D eigenvalue weighted by Crippen LogP contribution is 2.36. The number of nitrogens with two attached hydrogens (primary N) is 1. The Balaban J connectivity index is 2.35. The minimum atomic E-state index is -0.189. The van der Waals surface area contributed by atoms with Crippen LogP contribution in [0, 0.1) is 0 Å². The lowest BCUT2D eigenvalue weighted by Crippen LogP contribution is -2.21. The van der Waals surface area contributed by atoms with Crippen molar-refractivity contribution in [2.24, 2.45) is 5.73 Å². The zero-order valence-electron chi connectivity index (χ0n) is 11.5. The molecule has 1 aliphatic carbocycles. The Morgan fingerprint density at radius 2 is 1.90 bits per heavy atom. The fraction of sp³-hybridized carbons (Fsp3) is 0.250. The molecular formula is C16H17Cl2NO. The fourth-order valence-electron chi connectivity index (χ4n) is 2.12. The van der Waals surface area contributed by atoms with Gasteiger partial charge in [0.25, 0.3) is 0 Å². The van der Waals surface area contributed by atoms with Gasteiger partial charge in [0.05, 0.1) is 12.1 Å². The summed E-state index contributed by atoms with van der Waals surface area (Å²) < 4.78 is 5.14. The van der Waals surface area contributed by atoms with Crippen molar-refractivity contribution in [2.45, 2.75) is 19.4 Å². The van der Waals surface area contributed by atoms with Gasteiger partial charge in [0, 0.05) is 16.6 Å². The second-order valence-corrected chi connectivity index (χ2v) is 5.50. The van der Waals surface area contributed by atoms with Gasteiger partial charge >= 0.3 is 0 Å². The fourth-order valence-corrected chi connectivity index (χ4v) is 2.92. The SMILES string of the molecule is COc1ccc(C=C2CC=C(Cl)C(C(C)N)=C2Cl)cc1.